The Balaban J connectivity index is 1.96. The van der Waals surface area contributed by atoms with Crippen molar-refractivity contribution in [2.24, 2.45) is 0 Å². The lowest BCUT2D eigenvalue weighted by atomic mass is 10.2. The Bertz CT molecular complexity index is 1120. The number of carbonyl (C=O) groups excluding carboxylic acids is 1. The molecule has 1 saturated heterocycles. The molecule has 1 aromatic carbocycles. The lowest BCUT2D eigenvalue weighted by molar-refractivity contribution is -0.137. The smallest absolute Gasteiger partial charge is 0.319 e. The number of rotatable bonds is 5. The van der Waals surface area contributed by atoms with Crippen molar-refractivity contribution < 1.29 is 14.3 Å². The van der Waals surface area contributed by atoms with Crippen LogP contribution in [0.15, 0.2) is 34.2 Å². The Morgan fingerprint density at radius 2 is 2.21 bits per heavy atom. The number of ether oxygens (including phenoxy) is 2. The van der Waals surface area contributed by atoms with Crippen LogP contribution in [0.5, 0.6) is 5.75 Å². The number of hydrogen-bond donors (Lipinski definition) is 0. The maximum atomic E-state index is 13.5. The zero-order valence-corrected chi connectivity index (χ0v) is 17.5. The number of nitrogens with zero attached hydrogens (tertiary/aromatic N) is 2. The Morgan fingerprint density at radius 1 is 1.39 bits per heavy atom. The van der Waals surface area contributed by atoms with Crippen molar-refractivity contribution in [3.05, 3.63) is 45.1 Å². The average Bonchev–Trinajstić information content (AvgIpc) is 3.24. The lowest BCUT2D eigenvalue weighted by Crippen LogP contribution is -2.23. The predicted octanol–water partition coefficient (Wildman–Crippen LogP) is 3.73. The number of aryl methyl sites for hydroxylation is 2. The quantitative estimate of drug-likeness (QED) is 0.466. The van der Waals surface area contributed by atoms with Crippen LogP contribution in [-0.2, 0) is 16.0 Å². The van der Waals surface area contributed by atoms with Gasteiger partial charge in [-0.25, -0.2) is 4.98 Å². The van der Waals surface area contributed by atoms with Gasteiger partial charge in [-0.1, -0.05) is 24.8 Å². The minimum atomic E-state index is -0.354. The monoisotopic (exact) mass is 416 g/mol. The van der Waals surface area contributed by atoms with Crippen molar-refractivity contribution in [3.63, 3.8) is 0 Å². The molecule has 0 saturated carbocycles. The molecule has 1 aliphatic heterocycles. The third kappa shape index (κ3) is 3.20. The summed E-state index contributed by atoms with van der Waals surface area (Å²) in [6.07, 6.45) is 1.46. The first-order valence-corrected chi connectivity index (χ1v) is 10.8. The molecule has 1 fully saturated rings. The van der Waals surface area contributed by atoms with Gasteiger partial charge in [0.1, 0.15) is 15.8 Å². The van der Waals surface area contributed by atoms with Crippen LogP contribution >= 0.6 is 23.1 Å². The standard InChI is InChI=1S/C20H20N2O4S2/c1-4-14-11(2)16-17(27-14)21-20(28-15-8-9-26-19(15)24)22(18(16)23)12-6-5-7-13(10-12)25-3/h5-7,10,15H,4,8-9H2,1-3H3/t15-/m0/s1. The molecule has 6 nitrogen and oxygen atoms in total. The number of thioether (sulfide) groups is 1. The van der Waals surface area contributed by atoms with Crippen LogP contribution in [0.4, 0.5) is 0 Å². The maximum absolute atomic E-state index is 13.5. The SMILES string of the molecule is CCc1sc2nc(S[C@H]3CCOC3=O)n(-c3cccc(OC)c3)c(=O)c2c1C. The van der Waals surface area contributed by atoms with Gasteiger partial charge in [-0.15, -0.1) is 11.3 Å². The van der Waals surface area contributed by atoms with Gasteiger partial charge in [0.05, 0.1) is 24.8 Å². The highest BCUT2D eigenvalue weighted by Crippen LogP contribution is 2.34. The summed E-state index contributed by atoms with van der Waals surface area (Å²) in [4.78, 5) is 32.2. The van der Waals surface area contributed by atoms with Gasteiger partial charge < -0.3 is 9.47 Å². The van der Waals surface area contributed by atoms with Gasteiger partial charge >= 0.3 is 5.97 Å². The molecular formula is C20H20N2O4S2. The third-order valence-corrected chi connectivity index (χ3v) is 7.33. The van der Waals surface area contributed by atoms with Gasteiger partial charge in [-0.05, 0) is 31.0 Å². The Kier molecular flexibility index (Phi) is 5.16. The zero-order chi connectivity index (χ0) is 19.8. The molecule has 3 aromatic rings. The van der Waals surface area contributed by atoms with E-state index in [1.807, 2.05) is 25.1 Å². The number of carbonyl (C=O) groups is 1. The Hall–Kier alpha value is -2.32. The van der Waals surface area contributed by atoms with Crippen molar-refractivity contribution in [3.8, 4) is 11.4 Å². The molecule has 0 spiro atoms. The number of methoxy groups -OCH3 is 1. The summed E-state index contributed by atoms with van der Waals surface area (Å²) in [5.41, 5.74) is 1.52. The van der Waals surface area contributed by atoms with Gasteiger partial charge in [0, 0.05) is 17.4 Å². The fourth-order valence-corrected chi connectivity index (χ4v) is 5.55. The number of hydrogen-bond acceptors (Lipinski definition) is 7. The van der Waals surface area contributed by atoms with Crippen LogP contribution in [-0.4, -0.2) is 34.5 Å². The normalized spacial score (nSPS) is 16.5. The highest BCUT2D eigenvalue weighted by Gasteiger charge is 2.30. The molecule has 0 aliphatic carbocycles. The van der Waals surface area contributed by atoms with Crippen molar-refractivity contribution in [2.45, 2.75) is 37.1 Å². The number of aromatic nitrogens is 2. The van der Waals surface area contributed by atoms with E-state index in [1.165, 1.54) is 11.8 Å². The first-order valence-electron chi connectivity index (χ1n) is 9.06. The molecule has 0 radical (unpaired) electrons. The molecule has 0 unspecified atom stereocenters. The van der Waals surface area contributed by atoms with Crippen molar-refractivity contribution in [2.75, 3.05) is 13.7 Å². The Labute approximate surface area is 170 Å². The van der Waals surface area contributed by atoms with E-state index < -0.39 is 0 Å². The van der Waals surface area contributed by atoms with Crippen LogP contribution < -0.4 is 10.3 Å². The van der Waals surface area contributed by atoms with Crippen LogP contribution in [0, 0.1) is 6.92 Å². The van der Waals surface area contributed by atoms with E-state index in [9.17, 15) is 9.59 Å². The minimum Gasteiger partial charge on any atom is -0.497 e. The topological polar surface area (TPSA) is 70.4 Å². The summed E-state index contributed by atoms with van der Waals surface area (Å²) in [5, 5.41) is 0.787. The number of esters is 1. The van der Waals surface area contributed by atoms with Gasteiger partial charge in [-0.2, -0.15) is 0 Å². The summed E-state index contributed by atoms with van der Waals surface area (Å²) in [6, 6.07) is 7.30. The average molecular weight is 417 g/mol. The molecule has 28 heavy (non-hydrogen) atoms. The maximum Gasteiger partial charge on any atom is 0.319 e. The molecule has 1 atom stereocenters. The van der Waals surface area contributed by atoms with E-state index in [0.717, 1.165) is 16.9 Å². The van der Waals surface area contributed by atoms with E-state index >= 15 is 0 Å². The minimum absolute atomic E-state index is 0.124. The fourth-order valence-electron chi connectivity index (χ4n) is 3.32. The molecule has 3 heterocycles. The second kappa shape index (κ2) is 7.60. The van der Waals surface area contributed by atoms with Gasteiger partial charge in [0.2, 0.25) is 0 Å². The Morgan fingerprint density at radius 3 is 2.89 bits per heavy atom. The van der Waals surface area contributed by atoms with Crippen LogP contribution in [0.2, 0.25) is 0 Å². The number of cyclic esters (lactones) is 1. The van der Waals surface area contributed by atoms with Crippen LogP contribution in [0.25, 0.3) is 15.9 Å². The van der Waals surface area contributed by atoms with Gasteiger partial charge in [0.15, 0.2) is 5.16 Å². The van der Waals surface area contributed by atoms with E-state index in [4.69, 9.17) is 14.5 Å². The lowest BCUT2D eigenvalue weighted by Gasteiger charge is -2.14. The van der Waals surface area contributed by atoms with Crippen LogP contribution in [0.3, 0.4) is 0 Å². The highest BCUT2D eigenvalue weighted by molar-refractivity contribution is 8.00. The van der Waals surface area contributed by atoms with E-state index in [2.05, 4.69) is 6.92 Å². The molecule has 2 aromatic heterocycles. The first kappa shape index (κ1) is 19.0. The second-order valence-electron chi connectivity index (χ2n) is 6.48. The predicted molar refractivity (Wildman–Crippen MR) is 111 cm³/mol. The van der Waals surface area contributed by atoms with Crippen LogP contribution in [0.1, 0.15) is 23.8 Å². The first-order chi connectivity index (χ1) is 13.5. The molecular weight excluding hydrogens is 396 g/mol. The van der Waals surface area contributed by atoms with E-state index in [-0.39, 0.29) is 16.8 Å². The van der Waals surface area contributed by atoms with Gasteiger partial charge in [0.25, 0.3) is 5.56 Å². The third-order valence-electron chi connectivity index (χ3n) is 4.80. The summed E-state index contributed by atoms with van der Waals surface area (Å²) >= 11 is 2.83. The molecule has 146 valence electrons. The largest absolute Gasteiger partial charge is 0.497 e. The fraction of sp³-hybridized carbons (Fsp3) is 0.350. The van der Waals surface area contributed by atoms with Crippen molar-refractivity contribution in [1.82, 2.24) is 9.55 Å². The van der Waals surface area contributed by atoms with Crippen molar-refractivity contribution >= 4 is 39.3 Å². The molecule has 4 rings (SSSR count). The van der Waals surface area contributed by atoms with Crippen molar-refractivity contribution in [1.29, 1.82) is 0 Å². The summed E-state index contributed by atoms with van der Waals surface area (Å²) < 4.78 is 12.0. The molecule has 0 N–H and O–H groups in total. The summed E-state index contributed by atoms with van der Waals surface area (Å²) in [7, 11) is 1.59. The van der Waals surface area contributed by atoms with E-state index in [1.54, 1.807) is 29.1 Å². The highest BCUT2D eigenvalue weighted by atomic mass is 32.2. The van der Waals surface area contributed by atoms with E-state index in [0.29, 0.717) is 39.8 Å². The molecule has 0 amide bonds. The zero-order valence-electron chi connectivity index (χ0n) is 15.9. The second-order valence-corrected chi connectivity index (χ2v) is 8.74. The summed E-state index contributed by atoms with van der Waals surface area (Å²) in [6.45, 7) is 4.44. The number of fused-ring (bicyclic) bond motifs is 1. The molecule has 1 aliphatic rings. The number of thiophene rings is 1. The molecule has 0 bridgehead atoms. The summed E-state index contributed by atoms with van der Waals surface area (Å²) in [5.74, 6) is 0.394. The molecule has 8 heteroatoms. The number of benzene rings is 1. The van der Waals surface area contributed by atoms with Gasteiger partial charge in [-0.3, -0.25) is 14.2 Å².